The van der Waals surface area contributed by atoms with Gasteiger partial charge in [-0.1, -0.05) is 240 Å². The van der Waals surface area contributed by atoms with Crippen molar-refractivity contribution in [3.05, 3.63) is 0 Å². The van der Waals surface area contributed by atoms with Gasteiger partial charge in [-0.25, -0.2) is 0 Å². The molecule has 0 saturated carbocycles. The number of hydrogen-bond acceptors (Lipinski definition) is 0. The maximum absolute atomic E-state index is 2.51. The van der Waals surface area contributed by atoms with Crippen molar-refractivity contribution in [2.24, 2.45) is 11.8 Å². The van der Waals surface area contributed by atoms with Crippen molar-refractivity contribution in [1.82, 2.24) is 0 Å². The first-order valence-corrected chi connectivity index (χ1v) is 19.2. The highest BCUT2D eigenvalue weighted by molar-refractivity contribution is 4.58. The predicted octanol–water partition coefficient (Wildman–Crippen LogP) is 15.2. The minimum Gasteiger partial charge on any atom is -0.0654 e. The van der Waals surface area contributed by atoms with Crippen LogP contribution in [-0.2, 0) is 0 Å². The van der Waals surface area contributed by atoms with Gasteiger partial charge in [0.25, 0.3) is 0 Å². The van der Waals surface area contributed by atoms with Gasteiger partial charge in [0, 0.05) is 0 Å². The Kier molecular flexibility index (Phi) is 34.2. The van der Waals surface area contributed by atoms with Crippen LogP contribution < -0.4 is 0 Å². The number of unbranched alkanes of at least 4 members (excludes halogenated alkanes) is 26. The van der Waals surface area contributed by atoms with Crippen LogP contribution in [0.5, 0.6) is 0 Å². The fraction of sp³-hybridized carbons (Fsp3) is 1.00. The van der Waals surface area contributed by atoms with E-state index in [2.05, 4.69) is 27.7 Å². The molecular formula is C39H80. The average Bonchev–Trinajstić information content (AvgIpc) is 2.93. The Morgan fingerprint density at radius 3 is 0.590 bits per heavy atom. The molecule has 0 heteroatoms. The molecule has 0 aromatic carbocycles. The molecule has 0 amide bonds. The molecule has 0 spiro atoms. The molecule has 2 unspecified atom stereocenters. The largest absolute Gasteiger partial charge is 0.0654 e. The zero-order chi connectivity index (χ0) is 28.5. The van der Waals surface area contributed by atoms with Crippen LogP contribution >= 0.6 is 0 Å². The fourth-order valence-corrected chi connectivity index (χ4v) is 6.47. The zero-order valence-electron chi connectivity index (χ0n) is 28.5. The van der Waals surface area contributed by atoms with Gasteiger partial charge in [-0.05, 0) is 11.8 Å². The highest BCUT2D eigenvalue weighted by Gasteiger charge is 2.04. The molecule has 0 bridgehead atoms. The third-order valence-electron chi connectivity index (χ3n) is 9.49. The van der Waals surface area contributed by atoms with Crippen molar-refractivity contribution in [2.75, 3.05) is 0 Å². The van der Waals surface area contributed by atoms with Gasteiger partial charge in [0.1, 0.15) is 0 Å². The molecular weight excluding hydrogens is 468 g/mol. The molecule has 0 heterocycles. The zero-order valence-corrected chi connectivity index (χ0v) is 28.5. The summed E-state index contributed by atoms with van der Waals surface area (Å²) in [7, 11) is 0. The Morgan fingerprint density at radius 1 is 0.231 bits per heavy atom. The Bertz CT molecular complexity index is 412. The Morgan fingerprint density at radius 2 is 0.385 bits per heavy atom. The third kappa shape index (κ3) is 34.1. The van der Waals surface area contributed by atoms with E-state index in [9.17, 15) is 0 Å². The van der Waals surface area contributed by atoms with Crippen LogP contribution in [0.2, 0.25) is 0 Å². The molecule has 0 radical (unpaired) electrons. The van der Waals surface area contributed by atoms with E-state index in [0.29, 0.717) is 0 Å². The Hall–Kier alpha value is 0. The van der Waals surface area contributed by atoms with E-state index in [4.69, 9.17) is 0 Å². The van der Waals surface area contributed by atoms with Gasteiger partial charge in [0.2, 0.25) is 0 Å². The first-order valence-electron chi connectivity index (χ1n) is 19.2. The van der Waals surface area contributed by atoms with Crippen LogP contribution in [0.25, 0.3) is 0 Å². The maximum Gasteiger partial charge on any atom is -0.0443 e. The van der Waals surface area contributed by atoms with Crippen LogP contribution in [-0.4, -0.2) is 0 Å². The van der Waals surface area contributed by atoms with E-state index < -0.39 is 0 Å². The van der Waals surface area contributed by atoms with E-state index in [0.717, 1.165) is 11.8 Å². The van der Waals surface area contributed by atoms with Crippen molar-refractivity contribution < 1.29 is 0 Å². The van der Waals surface area contributed by atoms with Gasteiger partial charge in [0.05, 0.1) is 0 Å². The van der Waals surface area contributed by atoms with Crippen LogP contribution in [0.1, 0.15) is 240 Å². The van der Waals surface area contributed by atoms with Crippen LogP contribution in [0, 0.1) is 11.8 Å². The minimum absolute atomic E-state index is 0.964. The summed E-state index contributed by atoms with van der Waals surface area (Å²) in [6.07, 6.45) is 48.6. The van der Waals surface area contributed by atoms with Crippen molar-refractivity contribution in [3.8, 4) is 0 Å². The summed E-state index contributed by atoms with van der Waals surface area (Å²) < 4.78 is 0. The summed E-state index contributed by atoms with van der Waals surface area (Å²) in [6, 6.07) is 0. The first-order chi connectivity index (χ1) is 19.2. The summed E-state index contributed by atoms with van der Waals surface area (Å²) in [5.41, 5.74) is 0. The van der Waals surface area contributed by atoms with Crippen LogP contribution in [0.15, 0.2) is 0 Å². The predicted molar refractivity (Wildman–Crippen MR) is 182 cm³/mol. The molecule has 0 aliphatic carbocycles. The quantitative estimate of drug-likeness (QED) is 0.0701. The fourth-order valence-electron chi connectivity index (χ4n) is 6.47. The first kappa shape index (κ1) is 39.0. The van der Waals surface area contributed by atoms with Crippen molar-refractivity contribution in [2.45, 2.75) is 240 Å². The highest BCUT2D eigenvalue weighted by atomic mass is 14.1. The van der Waals surface area contributed by atoms with E-state index >= 15 is 0 Å². The van der Waals surface area contributed by atoms with Gasteiger partial charge < -0.3 is 0 Å². The lowest BCUT2D eigenvalue weighted by Crippen LogP contribution is -1.95. The molecule has 2 atom stereocenters. The molecule has 0 nitrogen and oxygen atoms in total. The highest BCUT2D eigenvalue weighted by Crippen LogP contribution is 2.21. The third-order valence-corrected chi connectivity index (χ3v) is 9.49. The lowest BCUT2D eigenvalue weighted by molar-refractivity contribution is 0.426. The number of hydrogen-bond donors (Lipinski definition) is 0. The lowest BCUT2D eigenvalue weighted by atomic mass is 9.95. The molecule has 236 valence electrons. The molecule has 0 aromatic heterocycles. The average molecular weight is 549 g/mol. The van der Waals surface area contributed by atoms with Gasteiger partial charge in [-0.2, -0.15) is 0 Å². The molecule has 0 aliphatic rings. The van der Waals surface area contributed by atoms with E-state index in [1.165, 1.54) is 212 Å². The summed E-state index contributed by atoms with van der Waals surface area (Å²) in [5.74, 6) is 1.93. The van der Waals surface area contributed by atoms with Crippen molar-refractivity contribution in [1.29, 1.82) is 0 Å². The van der Waals surface area contributed by atoms with Gasteiger partial charge >= 0.3 is 0 Å². The standard InChI is InChI=1S/C39H80/c1-5-7-9-11-12-13-14-15-16-17-18-19-21-24-27-32-36-39(4)37-33-29-26-23-20-22-25-28-31-35-38(3)34-30-10-8-6-2/h38-39H,5-37H2,1-4H3. The normalized spacial score (nSPS) is 13.2. The van der Waals surface area contributed by atoms with E-state index in [1.807, 2.05) is 0 Å². The Balaban J connectivity index is 3.19. The second kappa shape index (κ2) is 34.2. The van der Waals surface area contributed by atoms with Crippen LogP contribution in [0.4, 0.5) is 0 Å². The number of rotatable bonds is 34. The lowest BCUT2D eigenvalue weighted by Gasteiger charge is -2.11. The molecule has 39 heavy (non-hydrogen) atoms. The maximum atomic E-state index is 2.51. The van der Waals surface area contributed by atoms with Gasteiger partial charge in [0.15, 0.2) is 0 Å². The molecule has 0 rings (SSSR count). The second-order valence-corrected chi connectivity index (χ2v) is 13.9. The minimum atomic E-state index is 0.964. The second-order valence-electron chi connectivity index (χ2n) is 13.9. The van der Waals surface area contributed by atoms with Crippen molar-refractivity contribution in [3.63, 3.8) is 0 Å². The summed E-state index contributed by atoms with van der Waals surface area (Å²) in [6.45, 7) is 9.61. The molecule has 0 aliphatic heterocycles. The molecule has 0 saturated heterocycles. The summed E-state index contributed by atoms with van der Waals surface area (Å²) >= 11 is 0. The molecule has 0 aromatic rings. The molecule has 0 N–H and O–H groups in total. The van der Waals surface area contributed by atoms with Crippen LogP contribution in [0.3, 0.4) is 0 Å². The SMILES string of the molecule is CCCCCCCCCCCCCCCCCCC(C)CCCCCCCCCCCC(C)CCCCCC. The summed E-state index contributed by atoms with van der Waals surface area (Å²) in [5, 5.41) is 0. The van der Waals surface area contributed by atoms with Crippen molar-refractivity contribution >= 4 is 0 Å². The van der Waals surface area contributed by atoms with E-state index in [1.54, 1.807) is 0 Å². The van der Waals surface area contributed by atoms with Gasteiger partial charge in [-0.15, -0.1) is 0 Å². The summed E-state index contributed by atoms with van der Waals surface area (Å²) in [4.78, 5) is 0. The smallest absolute Gasteiger partial charge is 0.0443 e. The molecule has 0 fully saturated rings. The van der Waals surface area contributed by atoms with E-state index in [-0.39, 0.29) is 0 Å². The monoisotopic (exact) mass is 549 g/mol. The Labute approximate surface area is 251 Å². The van der Waals surface area contributed by atoms with Gasteiger partial charge in [-0.3, -0.25) is 0 Å². The topological polar surface area (TPSA) is 0 Å².